The first-order valence-corrected chi connectivity index (χ1v) is 23.1. The van der Waals surface area contributed by atoms with Gasteiger partial charge in [0.15, 0.2) is 0 Å². The number of allylic oxidation sites excluding steroid dienone is 1. The molecule has 3 aromatic carbocycles. The summed E-state index contributed by atoms with van der Waals surface area (Å²) in [6, 6.07) is 26.2. The fourth-order valence-corrected chi connectivity index (χ4v) is 8.78. The summed E-state index contributed by atoms with van der Waals surface area (Å²) in [6.07, 6.45) is 6.36. The molecule has 63 heavy (non-hydrogen) atoms. The number of Topliss-reactive ketones (excluding diaryl/α,β-unsaturated/α-hetero) is 1. The smallest absolute Gasteiger partial charge is 0.407 e. The van der Waals surface area contributed by atoms with E-state index in [0.29, 0.717) is 57.1 Å². The van der Waals surface area contributed by atoms with Crippen molar-refractivity contribution in [1.29, 1.82) is 0 Å². The van der Waals surface area contributed by atoms with Crippen molar-refractivity contribution in [3.8, 4) is 0 Å². The van der Waals surface area contributed by atoms with Crippen LogP contribution in [0.3, 0.4) is 0 Å². The maximum absolute atomic E-state index is 12.4. The zero-order chi connectivity index (χ0) is 45.7. The van der Waals surface area contributed by atoms with Crippen LogP contribution < -0.4 is 16.0 Å². The zero-order valence-corrected chi connectivity index (χ0v) is 38.0. The van der Waals surface area contributed by atoms with Gasteiger partial charge in [-0.2, -0.15) is 0 Å². The van der Waals surface area contributed by atoms with Crippen LogP contribution in [0.15, 0.2) is 96.3 Å². The van der Waals surface area contributed by atoms with Crippen molar-refractivity contribution in [1.82, 2.24) is 25.5 Å². The van der Waals surface area contributed by atoms with Crippen LogP contribution in [-0.2, 0) is 45.0 Å². The summed E-state index contributed by atoms with van der Waals surface area (Å²) in [5.41, 5.74) is 5.26. The van der Waals surface area contributed by atoms with E-state index < -0.39 is 36.0 Å². The lowest BCUT2D eigenvalue weighted by atomic mass is 9.88. The topological polar surface area (TPSA) is 189 Å². The van der Waals surface area contributed by atoms with Crippen molar-refractivity contribution in [3.63, 3.8) is 0 Å². The Morgan fingerprint density at radius 3 is 1.97 bits per heavy atom. The Kier molecular flexibility index (Phi) is 21.0. The lowest BCUT2D eigenvalue weighted by Crippen LogP contribution is -2.49. The van der Waals surface area contributed by atoms with Gasteiger partial charge in [-0.3, -0.25) is 23.8 Å². The second kappa shape index (κ2) is 26.3. The number of hydrogen-bond donors (Lipinski definition) is 6. The summed E-state index contributed by atoms with van der Waals surface area (Å²) < 4.78 is 2.42. The molecule has 0 bridgehead atoms. The molecule has 0 radical (unpaired) electrons. The van der Waals surface area contributed by atoms with E-state index in [1.165, 1.54) is 23.3 Å². The summed E-state index contributed by atoms with van der Waals surface area (Å²) >= 11 is 0. The quantitative estimate of drug-likeness (QED) is 0.0367. The molecule has 1 saturated heterocycles. The van der Waals surface area contributed by atoms with Crippen molar-refractivity contribution in [2.24, 2.45) is 5.92 Å². The second-order valence-electron chi connectivity index (χ2n) is 16.7. The van der Waals surface area contributed by atoms with Gasteiger partial charge in [0.1, 0.15) is 11.9 Å². The number of aliphatic hydroxyl groups excluding tert-OH is 2. The summed E-state index contributed by atoms with van der Waals surface area (Å²) in [5, 5.41) is 37.6. The number of carboxylic acid groups (broad SMARTS) is 1. The molecule has 13 nitrogen and oxygen atoms in total. The predicted octanol–water partition coefficient (Wildman–Crippen LogP) is 6.79. The van der Waals surface area contributed by atoms with Crippen LogP contribution >= 0.6 is 8.35 Å². The summed E-state index contributed by atoms with van der Waals surface area (Å²) in [4.78, 5) is 59.9. The monoisotopic (exact) mass is 883 g/mol. The van der Waals surface area contributed by atoms with Gasteiger partial charge in [0.2, 0.25) is 18.1 Å². The van der Waals surface area contributed by atoms with Crippen LogP contribution in [-0.4, -0.2) is 104 Å². The molecule has 2 fully saturated rings. The molecule has 2 aliphatic heterocycles. The number of nitrogens with zero attached hydrogens (tertiary/aromatic N) is 2. The maximum atomic E-state index is 12.4. The molecule has 3 aliphatic rings. The van der Waals surface area contributed by atoms with Gasteiger partial charge >= 0.3 is 6.09 Å². The number of carbonyl (C=O) groups is 5. The Hall–Kier alpha value is -5.36. The number of hydrogen-bond acceptors (Lipinski definition) is 8. The zero-order valence-electron chi connectivity index (χ0n) is 37.1. The minimum Gasteiger partial charge on any atom is -0.510 e. The number of nitrogens with one attached hydrogen (secondary N) is 3. The van der Waals surface area contributed by atoms with Crippen LogP contribution in [0.2, 0.25) is 0 Å². The third kappa shape index (κ3) is 16.4. The molecule has 6 N–H and O–H groups in total. The second-order valence-corrected chi connectivity index (χ2v) is 17.7. The Balaban J connectivity index is 0.000000218. The Bertz CT molecular complexity index is 1990. The Morgan fingerprint density at radius 1 is 0.810 bits per heavy atom. The highest BCUT2D eigenvalue weighted by Gasteiger charge is 2.30. The first-order valence-electron chi connectivity index (χ1n) is 22.2. The summed E-state index contributed by atoms with van der Waals surface area (Å²) in [6.45, 7) is 10.6. The number of ketones is 1. The fourth-order valence-electron chi connectivity index (χ4n) is 7.44. The van der Waals surface area contributed by atoms with Crippen molar-refractivity contribution in [2.45, 2.75) is 129 Å². The first-order chi connectivity index (χ1) is 30.3. The molecule has 0 aromatic heterocycles. The number of amides is 4. The van der Waals surface area contributed by atoms with Crippen LogP contribution in [0.5, 0.6) is 0 Å². The van der Waals surface area contributed by atoms with E-state index in [1.807, 2.05) is 85.8 Å². The van der Waals surface area contributed by atoms with Crippen molar-refractivity contribution >= 4 is 44.3 Å². The van der Waals surface area contributed by atoms with Gasteiger partial charge in [-0.15, -0.1) is 0 Å². The van der Waals surface area contributed by atoms with Crippen LogP contribution in [0.25, 0.3) is 0 Å². The van der Waals surface area contributed by atoms with Crippen LogP contribution in [0, 0.1) is 5.92 Å². The predicted molar refractivity (Wildman–Crippen MR) is 248 cm³/mol. The highest BCUT2D eigenvalue weighted by Crippen LogP contribution is 2.30. The van der Waals surface area contributed by atoms with Crippen LogP contribution in [0.1, 0.15) is 94.9 Å². The van der Waals surface area contributed by atoms with Gasteiger partial charge in [0, 0.05) is 32.1 Å². The molecule has 14 heteroatoms. The summed E-state index contributed by atoms with van der Waals surface area (Å²) in [5.74, 6) is 0.826. The molecular weight excluding hydrogens is 818 g/mol. The van der Waals surface area contributed by atoms with Crippen molar-refractivity contribution in [3.05, 3.63) is 119 Å². The highest BCUT2D eigenvalue weighted by molar-refractivity contribution is 7.36. The van der Waals surface area contributed by atoms with Gasteiger partial charge < -0.3 is 36.2 Å². The Morgan fingerprint density at radius 2 is 1.43 bits per heavy atom. The largest absolute Gasteiger partial charge is 0.510 e. The summed E-state index contributed by atoms with van der Waals surface area (Å²) in [7, 11) is 1.16. The molecule has 5 atom stereocenters. The van der Waals surface area contributed by atoms with Gasteiger partial charge in [-0.1, -0.05) is 112 Å². The van der Waals surface area contributed by atoms with E-state index in [1.54, 1.807) is 0 Å². The molecule has 4 amide bonds. The Labute approximate surface area is 374 Å². The SMILES string of the molecule is CC(C)C(C=PN1CCCC1C)NC(=O)[C@@H](O)Cc1ccccc1.CCCC(NC=O)C(=O)C(=O)NC(Cc1ccccc1)C(O)=C1CCC1.O=C(O)N1CCc2ccccc2C1. The lowest BCUT2D eigenvalue weighted by molar-refractivity contribution is -0.140. The highest BCUT2D eigenvalue weighted by atomic mass is 31.1. The van der Waals surface area contributed by atoms with Gasteiger partial charge in [0.05, 0.1) is 18.1 Å². The van der Waals surface area contributed by atoms with E-state index in [0.717, 1.165) is 62.8 Å². The fraction of sp³-hybridized carbons (Fsp3) is 0.469. The van der Waals surface area contributed by atoms with Crippen molar-refractivity contribution < 1.29 is 39.3 Å². The molecule has 2 heterocycles. The maximum Gasteiger partial charge on any atom is 0.407 e. The number of benzene rings is 3. The third-order valence-electron chi connectivity index (χ3n) is 11.5. The molecule has 3 aromatic rings. The molecule has 0 spiro atoms. The molecular formula is C49H66N5O8P. The van der Waals surface area contributed by atoms with Crippen LogP contribution in [0.4, 0.5) is 4.79 Å². The van der Waals surface area contributed by atoms with E-state index in [4.69, 9.17) is 5.11 Å². The average Bonchev–Trinajstić information content (AvgIpc) is 3.68. The van der Waals surface area contributed by atoms with Crippen molar-refractivity contribution in [2.75, 3.05) is 13.1 Å². The van der Waals surface area contributed by atoms with Gasteiger partial charge in [-0.05, 0) is 106 Å². The van der Waals surface area contributed by atoms with E-state index in [2.05, 4.69) is 53.3 Å². The number of aliphatic hydroxyl groups is 2. The number of carbonyl (C=O) groups excluding carboxylic acids is 4. The molecule has 1 saturated carbocycles. The van der Waals surface area contributed by atoms with E-state index in [9.17, 15) is 34.2 Å². The van der Waals surface area contributed by atoms with Gasteiger partial charge in [-0.25, -0.2) is 4.79 Å². The normalized spacial score (nSPS) is 17.6. The molecule has 340 valence electrons. The minimum atomic E-state index is -1.01. The number of fused-ring (bicyclic) bond motifs is 1. The molecule has 1 aliphatic carbocycles. The van der Waals surface area contributed by atoms with E-state index >= 15 is 0 Å². The molecule has 6 rings (SSSR count). The minimum absolute atomic E-state index is 0.0302. The standard InChI is InChI=1S/C20H26N2O4.C19H29N2O2P.C10H11NO2/c1-2-7-16(21-13-23)19(25)20(26)22-17(18(24)15-10-6-11-15)12-14-8-4-3-5-9-14;1-14(2)17(13-24-21-11-7-8-15(21)3)20-19(23)18(22)12-16-9-5-4-6-10-16;12-10(13)11-6-5-8-3-1-2-4-9(8)7-11/h3-5,8-9,13,16-17,24H,2,6-7,10-12H2,1H3,(H,21,23)(H,22,26);4-6,9-10,13-15,17-18,22H,7-8,11-12H2,1-3H3,(H,20,23);1-4H,5-7H2,(H,12,13)/t;15?,17?,18-;/m.0./s1. The van der Waals surface area contributed by atoms with E-state index in [-0.39, 0.29) is 17.7 Å². The third-order valence-corrected chi connectivity index (χ3v) is 12.9. The van der Waals surface area contributed by atoms with Gasteiger partial charge in [0.25, 0.3) is 5.91 Å². The lowest BCUT2D eigenvalue weighted by Gasteiger charge is -2.26. The average molecular weight is 884 g/mol. The first kappa shape index (κ1) is 50.3. The molecule has 4 unspecified atom stereocenters. The number of rotatable bonds is 17.